The molecule has 1 aromatic rings. The first-order valence-electron chi connectivity index (χ1n) is 8.59. The molecule has 128 valence electrons. The lowest BCUT2D eigenvalue weighted by atomic mass is 9.91. The summed E-state index contributed by atoms with van der Waals surface area (Å²) in [5.41, 5.74) is 4.48. The van der Waals surface area contributed by atoms with Crippen molar-refractivity contribution in [2.24, 2.45) is 5.41 Å². The molecule has 0 aliphatic rings. The number of amides is 1. The molecule has 0 heterocycles. The Labute approximate surface area is 141 Å². The third-order valence-corrected chi connectivity index (χ3v) is 3.78. The predicted molar refractivity (Wildman–Crippen MR) is 98.7 cm³/mol. The summed E-state index contributed by atoms with van der Waals surface area (Å²) in [5, 5.41) is 6.29. The highest BCUT2D eigenvalue weighted by Gasteiger charge is 2.13. The van der Waals surface area contributed by atoms with Crippen LogP contribution in [0.1, 0.15) is 62.5 Å². The molecule has 0 aliphatic carbocycles. The van der Waals surface area contributed by atoms with Gasteiger partial charge in [0.15, 0.2) is 0 Å². The van der Waals surface area contributed by atoms with Crippen LogP contribution in [0.15, 0.2) is 30.5 Å². The summed E-state index contributed by atoms with van der Waals surface area (Å²) in [6, 6.07) is 5.99. The minimum atomic E-state index is 0.0142. The lowest BCUT2D eigenvalue weighted by molar-refractivity contribution is 0.0953. The second-order valence-electron chi connectivity index (χ2n) is 7.17. The van der Waals surface area contributed by atoms with Crippen LogP contribution < -0.4 is 10.6 Å². The number of nitrogens with one attached hydrogen (secondary N) is 2. The van der Waals surface area contributed by atoms with E-state index in [1.54, 1.807) is 0 Å². The molecular weight excluding hydrogens is 284 g/mol. The molecule has 1 rings (SSSR count). The molecule has 2 N–H and O–H groups in total. The number of hydrogen-bond acceptors (Lipinski definition) is 2. The first-order valence-corrected chi connectivity index (χ1v) is 8.59. The zero-order chi connectivity index (χ0) is 17.5. The molecule has 1 amide bonds. The number of allylic oxidation sites excluding steroid dienone is 1. The van der Waals surface area contributed by atoms with E-state index in [1.165, 1.54) is 5.56 Å². The highest BCUT2D eigenvalue weighted by Crippen LogP contribution is 2.21. The highest BCUT2D eigenvalue weighted by molar-refractivity contribution is 5.96. The van der Waals surface area contributed by atoms with Gasteiger partial charge < -0.3 is 10.6 Å². The maximum Gasteiger partial charge on any atom is 0.251 e. The molecule has 0 fully saturated rings. The molecule has 0 bridgehead atoms. The third-order valence-electron chi connectivity index (χ3n) is 3.78. The quantitative estimate of drug-likeness (QED) is 0.710. The summed E-state index contributed by atoms with van der Waals surface area (Å²) < 4.78 is 0. The number of benzene rings is 1. The molecule has 0 aliphatic heterocycles. The van der Waals surface area contributed by atoms with E-state index < -0.39 is 0 Å². The molecule has 0 radical (unpaired) electrons. The molecule has 0 saturated heterocycles. The van der Waals surface area contributed by atoms with Gasteiger partial charge in [0.1, 0.15) is 0 Å². The molecule has 0 unspecified atom stereocenters. The second-order valence-corrected chi connectivity index (χ2v) is 7.17. The zero-order valence-electron chi connectivity index (χ0n) is 15.4. The van der Waals surface area contributed by atoms with Crippen molar-refractivity contribution < 1.29 is 4.79 Å². The van der Waals surface area contributed by atoms with E-state index in [9.17, 15) is 4.79 Å². The Kier molecular flexibility index (Phi) is 7.34. The molecule has 3 heteroatoms. The Morgan fingerprint density at radius 3 is 2.30 bits per heavy atom. The van der Waals surface area contributed by atoms with Crippen molar-refractivity contribution in [3.8, 4) is 0 Å². The van der Waals surface area contributed by atoms with Crippen molar-refractivity contribution in [3.05, 3.63) is 47.2 Å². The van der Waals surface area contributed by atoms with E-state index in [-0.39, 0.29) is 11.3 Å². The maximum absolute atomic E-state index is 12.4. The Bertz CT molecular complexity index is 541. The van der Waals surface area contributed by atoms with Crippen molar-refractivity contribution >= 4 is 5.91 Å². The van der Waals surface area contributed by atoms with E-state index in [2.05, 4.69) is 57.9 Å². The van der Waals surface area contributed by atoms with Crippen molar-refractivity contribution in [2.45, 2.75) is 53.9 Å². The standard InChI is InChI=1S/C20H32N2O/c1-7-16-10-9-11-18(17(16)8-2)19(23)22-13-12-21-15(3)14-20(4,5)6/h9-11,21H,3,7-8,12-14H2,1-2,4-6H3,(H,22,23). The van der Waals surface area contributed by atoms with Crippen molar-refractivity contribution in [3.63, 3.8) is 0 Å². The van der Waals surface area contributed by atoms with Crippen LogP contribution in [0.25, 0.3) is 0 Å². The summed E-state index contributed by atoms with van der Waals surface area (Å²) in [5.74, 6) is 0.0142. The van der Waals surface area contributed by atoms with Crippen LogP contribution in [0.3, 0.4) is 0 Å². The zero-order valence-corrected chi connectivity index (χ0v) is 15.4. The number of aryl methyl sites for hydroxylation is 1. The summed E-state index contributed by atoms with van der Waals surface area (Å²) in [7, 11) is 0. The lowest BCUT2D eigenvalue weighted by Crippen LogP contribution is -2.32. The number of carbonyl (C=O) groups excluding carboxylic acids is 1. The minimum absolute atomic E-state index is 0.0142. The van der Waals surface area contributed by atoms with E-state index >= 15 is 0 Å². The van der Waals surface area contributed by atoms with Gasteiger partial charge in [-0.15, -0.1) is 0 Å². The molecule has 1 aromatic carbocycles. The highest BCUT2D eigenvalue weighted by atomic mass is 16.1. The molecule has 0 saturated carbocycles. The normalized spacial score (nSPS) is 11.2. The van der Waals surface area contributed by atoms with Gasteiger partial charge in [-0.05, 0) is 41.9 Å². The number of hydrogen-bond donors (Lipinski definition) is 2. The number of rotatable bonds is 8. The van der Waals surface area contributed by atoms with Gasteiger partial charge >= 0.3 is 0 Å². The van der Waals surface area contributed by atoms with Crippen LogP contribution in [0.5, 0.6) is 0 Å². The average Bonchev–Trinajstić information content (AvgIpc) is 2.48. The fraction of sp³-hybridized carbons (Fsp3) is 0.550. The van der Waals surface area contributed by atoms with E-state index in [0.29, 0.717) is 13.1 Å². The van der Waals surface area contributed by atoms with Crippen LogP contribution in [-0.4, -0.2) is 19.0 Å². The minimum Gasteiger partial charge on any atom is -0.387 e. The Morgan fingerprint density at radius 1 is 1.09 bits per heavy atom. The van der Waals surface area contributed by atoms with Crippen LogP contribution in [0.4, 0.5) is 0 Å². The van der Waals surface area contributed by atoms with E-state index in [0.717, 1.165) is 36.1 Å². The Balaban J connectivity index is 2.51. The molecular formula is C20H32N2O. The molecule has 0 aromatic heterocycles. The van der Waals surface area contributed by atoms with Crippen LogP contribution >= 0.6 is 0 Å². The summed E-state index contributed by atoms with van der Waals surface area (Å²) in [6.45, 7) is 16.1. The summed E-state index contributed by atoms with van der Waals surface area (Å²) in [6.07, 6.45) is 2.77. The molecule has 0 spiro atoms. The molecule has 3 nitrogen and oxygen atoms in total. The maximum atomic E-state index is 12.4. The van der Waals surface area contributed by atoms with Crippen molar-refractivity contribution in [1.29, 1.82) is 0 Å². The SMILES string of the molecule is C=C(CC(C)(C)C)NCCNC(=O)c1cccc(CC)c1CC. The monoisotopic (exact) mass is 316 g/mol. The topological polar surface area (TPSA) is 41.1 Å². The van der Waals surface area contributed by atoms with Gasteiger partial charge in [-0.1, -0.05) is 53.3 Å². The third kappa shape index (κ3) is 6.47. The predicted octanol–water partition coefficient (Wildman–Crippen LogP) is 4.08. The number of carbonyl (C=O) groups is 1. The Morgan fingerprint density at radius 2 is 1.74 bits per heavy atom. The van der Waals surface area contributed by atoms with Crippen molar-refractivity contribution in [1.82, 2.24) is 10.6 Å². The Hall–Kier alpha value is -1.77. The largest absolute Gasteiger partial charge is 0.387 e. The second kappa shape index (κ2) is 8.76. The molecule has 0 atom stereocenters. The van der Waals surface area contributed by atoms with Gasteiger partial charge in [0.05, 0.1) is 0 Å². The van der Waals surface area contributed by atoms with Gasteiger partial charge in [0.2, 0.25) is 0 Å². The smallest absolute Gasteiger partial charge is 0.251 e. The fourth-order valence-electron chi connectivity index (χ4n) is 2.81. The summed E-state index contributed by atoms with van der Waals surface area (Å²) >= 11 is 0. The molecule has 23 heavy (non-hydrogen) atoms. The van der Waals surface area contributed by atoms with E-state index in [1.807, 2.05) is 12.1 Å². The first kappa shape index (κ1) is 19.3. The van der Waals surface area contributed by atoms with Crippen molar-refractivity contribution in [2.75, 3.05) is 13.1 Å². The van der Waals surface area contributed by atoms with Gasteiger partial charge in [-0.2, -0.15) is 0 Å². The summed E-state index contributed by atoms with van der Waals surface area (Å²) in [4.78, 5) is 12.4. The fourth-order valence-corrected chi connectivity index (χ4v) is 2.81. The van der Waals surface area contributed by atoms with Gasteiger partial charge in [-0.3, -0.25) is 4.79 Å². The first-order chi connectivity index (χ1) is 10.8. The van der Waals surface area contributed by atoms with Crippen LogP contribution in [0.2, 0.25) is 0 Å². The van der Waals surface area contributed by atoms with Crippen LogP contribution in [-0.2, 0) is 12.8 Å². The average molecular weight is 316 g/mol. The van der Waals surface area contributed by atoms with Gasteiger partial charge in [-0.25, -0.2) is 0 Å². The van der Waals surface area contributed by atoms with Gasteiger partial charge in [0, 0.05) is 24.4 Å². The van der Waals surface area contributed by atoms with Gasteiger partial charge in [0.25, 0.3) is 5.91 Å². The van der Waals surface area contributed by atoms with E-state index in [4.69, 9.17) is 0 Å². The van der Waals surface area contributed by atoms with Crippen LogP contribution in [0, 0.1) is 5.41 Å². The lowest BCUT2D eigenvalue weighted by Gasteiger charge is -2.20.